The van der Waals surface area contributed by atoms with Crippen molar-refractivity contribution < 1.29 is 23.7 Å². The molecule has 150 valence electrons. The SMILES string of the molecule is CC(C)(C)CCOCCOCCOCCOCCC(=O)NC(C)(C)C. The van der Waals surface area contributed by atoms with Crippen molar-refractivity contribution >= 4 is 5.91 Å². The first-order valence-electron chi connectivity index (χ1n) is 9.22. The molecule has 0 aliphatic rings. The van der Waals surface area contributed by atoms with E-state index in [-0.39, 0.29) is 11.4 Å². The molecular formula is C19H39NO5. The maximum Gasteiger partial charge on any atom is 0.222 e. The zero-order valence-corrected chi connectivity index (χ0v) is 17.1. The van der Waals surface area contributed by atoms with Crippen LogP contribution in [0.15, 0.2) is 0 Å². The van der Waals surface area contributed by atoms with Gasteiger partial charge in [-0.1, -0.05) is 20.8 Å². The Hall–Kier alpha value is -0.690. The van der Waals surface area contributed by atoms with Crippen molar-refractivity contribution in [2.45, 2.75) is 59.9 Å². The van der Waals surface area contributed by atoms with Crippen LogP contribution in [0.25, 0.3) is 0 Å². The molecule has 0 bridgehead atoms. The Morgan fingerprint density at radius 1 is 0.680 bits per heavy atom. The summed E-state index contributed by atoms with van der Waals surface area (Å²) in [5.41, 5.74) is 0.116. The summed E-state index contributed by atoms with van der Waals surface area (Å²) < 4.78 is 21.7. The predicted octanol–water partition coefficient (Wildman–Crippen LogP) is 2.79. The largest absolute Gasteiger partial charge is 0.379 e. The molecule has 0 fully saturated rings. The average Bonchev–Trinajstić information content (AvgIpc) is 2.44. The van der Waals surface area contributed by atoms with Crippen molar-refractivity contribution in [1.29, 1.82) is 0 Å². The molecule has 0 radical (unpaired) electrons. The van der Waals surface area contributed by atoms with Crippen LogP contribution in [0.3, 0.4) is 0 Å². The smallest absolute Gasteiger partial charge is 0.222 e. The Morgan fingerprint density at radius 2 is 1.08 bits per heavy atom. The summed E-state index contributed by atoms with van der Waals surface area (Å²) in [4.78, 5) is 11.6. The molecule has 0 rings (SSSR count). The predicted molar refractivity (Wildman–Crippen MR) is 99.9 cm³/mol. The molecule has 6 heteroatoms. The monoisotopic (exact) mass is 361 g/mol. The minimum Gasteiger partial charge on any atom is -0.379 e. The summed E-state index contributed by atoms with van der Waals surface area (Å²) in [6, 6.07) is 0. The lowest BCUT2D eigenvalue weighted by Crippen LogP contribution is -2.40. The first kappa shape index (κ1) is 24.3. The summed E-state index contributed by atoms with van der Waals surface area (Å²) in [7, 11) is 0. The molecule has 0 unspecified atom stereocenters. The summed E-state index contributed by atoms with van der Waals surface area (Å²) in [5.74, 6) is 0.00605. The molecular weight excluding hydrogens is 322 g/mol. The van der Waals surface area contributed by atoms with Gasteiger partial charge in [-0.15, -0.1) is 0 Å². The van der Waals surface area contributed by atoms with Crippen LogP contribution < -0.4 is 5.32 Å². The van der Waals surface area contributed by atoms with E-state index in [2.05, 4.69) is 26.1 Å². The highest BCUT2D eigenvalue weighted by atomic mass is 16.6. The van der Waals surface area contributed by atoms with Gasteiger partial charge < -0.3 is 24.3 Å². The van der Waals surface area contributed by atoms with Crippen molar-refractivity contribution in [3.8, 4) is 0 Å². The molecule has 0 aromatic heterocycles. The van der Waals surface area contributed by atoms with E-state index in [0.717, 1.165) is 13.0 Å². The van der Waals surface area contributed by atoms with Gasteiger partial charge in [0.2, 0.25) is 5.91 Å². The normalized spacial score (nSPS) is 12.4. The molecule has 0 aromatic carbocycles. The molecule has 0 heterocycles. The van der Waals surface area contributed by atoms with Gasteiger partial charge in [0.1, 0.15) is 0 Å². The molecule has 0 spiro atoms. The molecule has 1 N–H and O–H groups in total. The first-order valence-corrected chi connectivity index (χ1v) is 9.22. The number of nitrogens with one attached hydrogen (secondary N) is 1. The fourth-order valence-electron chi connectivity index (χ4n) is 1.79. The van der Waals surface area contributed by atoms with E-state index in [4.69, 9.17) is 18.9 Å². The number of rotatable bonds is 14. The van der Waals surface area contributed by atoms with Crippen molar-refractivity contribution in [2.75, 3.05) is 52.9 Å². The molecule has 0 aliphatic carbocycles. The second kappa shape index (κ2) is 13.5. The zero-order chi connectivity index (χ0) is 19.2. The Morgan fingerprint density at radius 3 is 1.48 bits per heavy atom. The molecule has 0 aromatic rings. The van der Waals surface area contributed by atoms with Crippen LogP contribution in [0.4, 0.5) is 0 Å². The van der Waals surface area contributed by atoms with Crippen molar-refractivity contribution in [3.63, 3.8) is 0 Å². The van der Waals surface area contributed by atoms with Gasteiger partial charge >= 0.3 is 0 Å². The van der Waals surface area contributed by atoms with Crippen molar-refractivity contribution in [2.24, 2.45) is 5.41 Å². The number of carbonyl (C=O) groups excluding carboxylic acids is 1. The Kier molecular flexibility index (Phi) is 13.1. The number of ether oxygens (including phenoxy) is 4. The van der Waals surface area contributed by atoms with Crippen LogP contribution in [0.2, 0.25) is 0 Å². The lowest BCUT2D eigenvalue weighted by molar-refractivity contribution is -0.123. The van der Waals surface area contributed by atoms with Gasteiger partial charge in [0.05, 0.1) is 46.2 Å². The first-order chi connectivity index (χ1) is 11.6. The van der Waals surface area contributed by atoms with E-state index in [0.29, 0.717) is 58.1 Å². The number of carbonyl (C=O) groups is 1. The highest BCUT2D eigenvalue weighted by Crippen LogP contribution is 2.17. The van der Waals surface area contributed by atoms with E-state index in [1.807, 2.05) is 20.8 Å². The van der Waals surface area contributed by atoms with E-state index in [1.165, 1.54) is 0 Å². The summed E-state index contributed by atoms with van der Waals surface area (Å²) in [6.07, 6.45) is 1.42. The molecule has 1 amide bonds. The van der Waals surface area contributed by atoms with Gasteiger partial charge in [-0.25, -0.2) is 0 Å². The Labute approximate surface area is 153 Å². The summed E-state index contributed by atoms with van der Waals surface area (Å²) in [5, 5.41) is 2.89. The molecule has 0 aliphatic heterocycles. The molecule has 25 heavy (non-hydrogen) atoms. The van der Waals surface area contributed by atoms with E-state index >= 15 is 0 Å². The maximum absolute atomic E-state index is 11.6. The highest BCUT2D eigenvalue weighted by molar-refractivity contribution is 5.76. The second-order valence-corrected chi connectivity index (χ2v) is 8.31. The van der Waals surface area contributed by atoms with Gasteiger partial charge in [0.25, 0.3) is 0 Å². The minimum absolute atomic E-state index is 0.00605. The fourth-order valence-corrected chi connectivity index (χ4v) is 1.79. The van der Waals surface area contributed by atoms with E-state index in [1.54, 1.807) is 0 Å². The third kappa shape index (κ3) is 21.3. The standard InChI is InChI=1S/C19H39NO5/c1-18(2,3)8-10-23-12-14-25-16-15-24-13-11-22-9-7-17(21)20-19(4,5)6/h7-16H2,1-6H3,(H,20,21). The molecule has 0 saturated carbocycles. The Balaban J connectivity index is 3.21. The van der Waals surface area contributed by atoms with Crippen LogP contribution in [-0.2, 0) is 23.7 Å². The number of hydrogen-bond donors (Lipinski definition) is 1. The highest BCUT2D eigenvalue weighted by Gasteiger charge is 2.13. The molecule has 6 nitrogen and oxygen atoms in total. The van der Waals surface area contributed by atoms with Crippen LogP contribution >= 0.6 is 0 Å². The van der Waals surface area contributed by atoms with E-state index < -0.39 is 0 Å². The summed E-state index contributed by atoms with van der Waals surface area (Å²) >= 11 is 0. The number of hydrogen-bond acceptors (Lipinski definition) is 5. The quantitative estimate of drug-likeness (QED) is 0.482. The average molecular weight is 362 g/mol. The van der Waals surface area contributed by atoms with Gasteiger partial charge in [-0.05, 0) is 32.6 Å². The third-order valence-electron chi connectivity index (χ3n) is 3.10. The lowest BCUT2D eigenvalue weighted by atomic mass is 9.93. The van der Waals surface area contributed by atoms with Gasteiger partial charge in [-0.2, -0.15) is 0 Å². The summed E-state index contributed by atoms with van der Waals surface area (Å²) in [6.45, 7) is 17.0. The van der Waals surface area contributed by atoms with Crippen molar-refractivity contribution in [1.82, 2.24) is 5.32 Å². The van der Waals surface area contributed by atoms with E-state index in [9.17, 15) is 4.79 Å². The van der Waals surface area contributed by atoms with Gasteiger partial charge in [0.15, 0.2) is 0 Å². The lowest BCUT2D eigenvalue weighted by Gasteiger charge is -2.20. The maximum atomic E-state index is 11.6. The topological polar surface area (TPSA) is 66.0 Å². The molecule has 0 atom stereocenters. The third-order valence-corrected chi connectivity index (χ3v) is 3.10. The van der Waals surface area contributed by atoms with Crippen LogP contribution in [0, 0.1) is 5.41 Å². The Bertz CT molecular complexity index is 334. The fraction of sp³-hybridized carbons (Fsp3) is 0.947. The zero-order valence-electron chi connectivity index (χ0n) is 17.1. The van der Waals surface area contributed by atoms with Crippen LogP contribution in [0.5, 0.6) is 0 Å². The van der Waals surface area contributed by atoms with Crippen molar-refractivity contribution in [3.05, 3.63) is 0 Å². The van der Waals surface area contributed by atoms with Gasteiger partial charge in [-0.3, -0.25) is 4.79 Å². The van der Waals surface area contributed by atoms with Crippen LogP contribution in [0.1, 0.15) is 54.4 Å². The number of amides is 1. The van der Waals surface area contributed by atoms with Crippen LogP contribution in [-0.4, -0.2) is 64.3 Å². The van der Waals surface area contributed by atoms with Gasteiger partial charge in [0, 0.05) is 18.6 Å². The molecule has 0 saturated heterocycles. The minimum atomic E-state index is -0.197. The second-order valence-electron chi connectivity index (χ2n) is 8.31.